The van der Waals surface area contributed by atoms with Gasteiger partial charge in [-0.3, -0.25) is 0 Å². The molecule has 0 bridgehead atoms. The van der Waals surface area contributed by atoms with Crippen molar-refractivity contribution in [2.45, 2.75) is 29.7 Å². The SMILES string of the molecule is Clc1ccccc1C=Cc1cc2c3c(c1)[C@@H]1CNCC[C@@H]1N3CCCS2. The summed E-state index contributed by atoms with van der Waals surface area (Å²) in [6, 6.07) is 13.5. The maximum Gasteiger partial charge on any atom is 0.0544 e. The molecular weight excluding hydrogens is 360 g/mol. The van der Waals surface area contributed by atoms with Crippen molar-refractivity contribution in [2.75, 3.05) is 30.3 Å². The Kier molecular flexibility index (Phi) is 4.48. The van der Waals surface area contributed by atoms with Crippen LogP contribution in [0.5, 0.6) is 0 Å². The Balaban J connectivity index is 1.56. The molecule has 0 unspecified atom stereocenters. The van der Waals surface area contributed by atoms with Crippen LogP contribution in [0, 0.1) is 0 Å². The third-order valence-corrected chi connectivity index (χ3v) is 7.28. The summed E-state index contributed by atoms with van der Waals surface area (Å²) in [5, 5.41) is 4.42. The van der Waals surface area contributed by atoms with Crippen LogP contribution < -0.4 is 10.2 Å². The Morgan fingerprint density at radius 2 is 2.12 bits per heavy atom. The zero-order chi connectivity index (χ0) is 17.5. The van der Waals surface area contributed by atoms with Gasteiger partial charge < -0.3 is 10.2 Å². The Bertz CT molecular complexity index is 863. The molecule has 1 fully saturated rings. The van der Waals surface area contributed by atoms with Crippen molar-refractivity contribution in [3.05, 3.63) is 58.1 Å². The van der Waals surface area contributed by atoms with E-state index in [1.165, 1.54) is 41.3 Å². The summed E-state index contributed by atoms with van der Waals surface area (Å²) in [5.41, 5.74) is 5.44. The van der Waals surface area contributed by atoms with Gasteiger partial charge in [0.15, 0.2) is 0 Å². The molecule has 5 rings (SSSR count). The fraction of sp³-hybridized carbons (Fsp3) is 0.364. The lowest BCUT2D eigenvalue weighted by Gasteiger charge is -2.33. The van der Waals surface area contributed by atoms with Crippen molar-refractivity contribution in [2.24, 2.45) is 0 Å². The van der Waals surface area contributed by atoms with Crippen LogP contribution in [0.4, 0.5) is 5.69 Å². The van der Waals surface area contributed by atoms with Gasteiger partial charge in [0.25, 0.3) is 0 Å². The summed E-state index contributed by atoms with van der Waals surface area (Å²) < 4.78 is 0. The molecule has 3 aliphatic rings. The summed E-state index contributed by atoms with van der Waals surface area (Å²) >= 11 is 8.34. The van der Waals surface area contributed by atoms with Crippen LogP contribution in [0.1, 0.15) is 35.4 Å². The maximum atomic E-state index is 6.31. The summed E-state index contributed by atoms with van der Waals surface area (Å²) in [4.78, 5) is 4.19. The quantitative estimate of drug-likeness (QED) is 0.712. The monoisotopic (exact) mass is 382 g/mol. The van der Waals surface area contributed by atoms with Crippen molar-refractivity contribution in [1.82, 2.24) is 5.32 Å². The van der Waals surface area contributed by atoms with E-state index in [9.17, 15) is 0 Å². The first-order chi connectivity index (χ1) is 12.8. The number of rotatable bonds is 2. The highest BCUT2D eigenvalue weighted by molar-refractivity contribution is 7.99. The predicted molar refractivity (Wildman–Crippen MR) is 114 cm³/mol. The van der Waals surface area contributed by atoms with E-state index >= 15 is 0 Å². The first-order valence-corrected chi connectivity index (χ1v) is 10.9. The topological polar surface area (TPSA) is 15.3 Å². The minimum absolute atomic E-state index is 0.630. The van der Waals surface area contributed by atoms with Gasteiger partial charge in [-0.05, 0) is 60.0 Å². The van der Waals surface area contributed by atoms with E-state index in [0.717, 1.165) is 23.7 Å². The molecule has 3 aliphatic heterocycles. The van der Waals surface area contributed by atoms with E-state index < -0.39 is 0 Å². The average molecular weight is 383 g/mol. The number of hydrogen-bond acceptors (Lipinski definition) is 3. The molecule has 2 aromatic carbocycles. The molecule has 134 valence electrons. The molecule has 0 saturated carbocycles. The van der Waals surface area contributed by atoms with Gasteiger partial charge in [-0.1, -0.05) is 42.0 Å². The normalized spacial score (nSPS) is 24.4. The smallest absolute Gasteiger partial charge is 0.0544 e. The number of benzene rings is 2. The van der Waals surface area contributed by atoms with Gasteiger partial charge in [-0.2, -0.15) is 0 Å². The van der Waals surface area contributed by atoms with Crippen molar-refractivity contribution in [3.63, 3.8) is 0 Å². The summed E-state index contributed by atoms with van der Waals surface area (Å²) in [6.07, 6.45) is 6.90. The lowest BCUT2D eigenvalue weighted by Crippen LogP contribution is -2.44. The lowest BCUT2D eigenvalue weighted by atomic mass is 9.89. The van der Waals surface area contributed by atoms with E-state index in [1.807, 2.05) is 30.0 Å². The number of nitrogens with one attached hydrogen (secondary N) is 1. The van der Waals surface area contributed by atoms with Gasteiger partial charge in [-0.25, -0.2) is 0 Å². The van der Waals surface area contributed by atoms with E-state index in [-0.39, 0.29) is 0 Å². The number of halogens is 1. The van der Waals surface area contributed by atoms with Gasteiger partial charge in [0.1, 0.15) is 0 Å². The van der Waals surface area contributed by atoms with Gasteiger partial charge in [-0.15, -0.1) is 11.8 Å². The molecule has 2 nitrogen and oxygen atoms in total. The van der Waals surface area contributed by atoms with Crippen LogP contribution in [0.3, 0.4) is 0 Å². The zero-order valence-electron chi connectivity index (χ0n) is 14.7. The second-order valence-corrected chi connectivity index (χ2v) is 8.92. The Morgan fingerprint density at radius 3 is 3.04 bits per heavy atom. The van der Waals surface area contributed by atoms with Crippen LogP contribution >= 0.6 is 23.4 Å². The minimum atomic E-state index is 0.630. The second kappa shape index (κ2) is 6.95. The number of anilines is 1. The fourth-order valence-electron chi connectivity index (χ4n) is 4.64. The van der Waals surface area contributed by atoms with Crippen LogP contribution in [-0.4, -0.2) is 31.4 Å². The molecule has 0 aliphatic carbocycles. The molecule has 0 radical (unpaired) electrons. The average Bonchev–Trinajstić information content (AvgIpc) is 2.83. The van der Waals surface area contributed by atoms with Crippen LogP contribution in [0.15, 0.2) is 41.3 Å². The lowest BCUT2D eigenvalue weighted by molar-refractivity contribution is 0.403. The van der Waals surface area contributed by atoms with Gasteiger partial charge in [0, 0.05) is 35.0 Å². The fourth-order valence-corrected chi connectivity index (χ4v) is 5.92. The second-order valence-electron chi connectivity index (χ2n) is 7.37. The van der Waals surface area contributed by atoms with Crippen molar-refractivity contribution in [3.8, 4) is 0 Å². The number of hydrogen-bond donors (Lipinski definition) is 1. The predicted octanol–water partition coefficient (Wildman–Crippen LogP) is 5.27. The molecular formula is C22H23ClN2S. The molecule has 3 heterocycles. The zero-order valence-corrected chi connectivity index (χ0v) is 16.3. The number of nitrogens with zero attached hydrogens (tertiary/aromatic N) is 1. The Morgan fingerprint density at radius 1 is 1.19 bits per heavy atom. The summed E-state index contributed by atoms with van der Waals surface area (Å²) in [6.45, 7) is 3.46. The highest BCUT2D eigenvalue weighted by atomic mass is 35.5. The van der Waals surface area contributed by atoms with E-state index in [0.29, 0.717) is 12.0 Å². The number of thioether (sulfide) groups is 1. The third-order valence-electron chi connectivity index (χ3n) is 5.82. The first kappa shape index (κ1) is 16.7. The number of piperidine rings is 1. The Hall–Kier alpha value is -1.42. The van der Waals surface area contributed by atoms with Crippen LogP contribution in [-0.2, 0) is 0 Å². The maximum absolute atomic E-state index is 6.31. The summed E-state index contributed by atoms with van der Waals surface area (Å²) in [7, 11) is 0. The number of fused-ring (bicyclic) bond motifs is 3. The van der Waals surface area contributed by atoms with E-state index in [2.05, 4.69) is 40.6 Å². The molecule has 2 atom stereocenters. The van der Waals surface area contributed by atoms with E-state index in [4.69, 9.17) is 11.6 Å². The highest BCUT2D eigenvalue weighted by Gasteiger charge is 2.41. The van der Waals surface area contributed by atoms with Crippen molar-refractivity contribution >= 4 is 41.2 Å². The molecule has 1 N–H and O–H groups in total. The Labute approximate surface area is 164 Å². The van der Waals surface area contributed by atoms with Crippen LogP contribution in [0.2, 0.25) is 5.02 Å². The molecule has 0 aromatic heterocycles. The standard InChI is InChI=1S/C22H23ClN2S/c23-19-5-2-1-4-16(19)7-6-15-12-17-18-14-24-9-8-20(18)25-10-3-11-26-21(13-15)22(17)25/h1-2,4-7,12-13,18,20,24H,3,8-11,14H2/t18-,20-/m0/s1. The van der Waals surface area contributed by atoms with Crippen LogP contribution in [0.25, 0.3) is 12.2 Å². The highest BCUT2D eigenvalue weighted by Crippen LogP contribution is 2.50. The van der Waals surface area contributed by atoms with Crippen molar-refractivity contribution < 1.29 is 0 Å². The van der Waals surface area contributed by atoms with E-state index in [1.54, 1.807) is 5.56 Å². The molecule has 4 heteroatoms. The molecule has 0 spiro atoms. The van der Waals surface area contributed by atoms with Gasteiger partial charge in [0.2, 0.25) is 0 Å². The third kappa shape index (κ3) is 2.87. The molecule has 0 amide bonds. The first-order valence-electron chi connectivity index (χ1n) is 9.52. The largest absolute Gasteiger partial charge is 0.367 e. The minimum Gasteiger partial charge on any atom is -0.367 e. The summed E-state index contributed by atoms with van der Waals surface area (Å²) in [5.74, 6) is 1.85. The molecule has 1 saturated heterocycles. The van der Waals surface area contributed by atoms with Gasteiger partial charge >= 0.3 is 0 Å². The van der Waals surface area contributed by atoms with Gasteiger partial charge in [0.05, 0.1) is 5.69 Å². The van der Waals surface area contributed by atoms with Crippen molar-refractivity contribution in [1.29, 1.82) is 0 Å². The molecule has 2 aromatic rings. The molecule has 26 heavy (non-hydrogen) atoms.